The first-order valence-electron chi connectivity index (χ1n) is 10.9. The van der Waals surface area contributed by atoms with Crippen LogP contribution in [0.2, 0.25) is 0 Å². The molecule has 2 fully saturated rings. The van der Waals surface area contributed by atoms with Crippen LogP contribution in [-0.2, 0) is 0 Å². The van der Waals surface area contributed by atoms with E-state index in [4.69, 9.17) is 0 Å². The SMILES string of the molecule is Cc1cn2cc(Nc3n[nH]c4cc(N5CCC(NC6CC6)CC5)cnc34)cc(F)c2n1. The molecule has 0 amide bonds. The quantitative estimate of drug-likeness (QED) is 0.458. The Kier molecular flexibility index (Phi) is 4.31. The molecule has 2 aliphatic rings. The lowest BCUT2D eigenvalue weighted by Gasteiger charge is -2.34. The van der Waals surface area contributed by atoms with Crippen molar-refractivity contribution in [1.29, 1.82) is 0 Å². The maximum absolute atomic E-state index is 14.4. The van der Waals surface area contributed by atoms with E-state index in [1.165, 1.54) is 18.9 Å². The Hall–Kier alpha value is -3.20. The molecule has 4 aromatic heterocycles. The van der Waals surface area contributed by atoms with Gasteiger partial charge in [-0.2, -0.15) is 5.10 Å². The van der Waals surface area contributed by atoms with Gasteiger partial charge in [0, 0.05) is 43.6 Å². The van der Waals surface area contributed by atoms with Crippen LogP contribution < -0.4 is 15.5 Å². The van der Waals surface area contributed by atoms with E-state index in [-0.39, 0.29) is 5.82 Å². The van der Waals surface area contributed by atoms with Crippen LogP contribution in [0.4, 0.5) is 21.6 Å². The number of fused-ring (bicyclic) bond motifs is 2. The third-order valence-electron chi connectivity index (χ3n) is 6.18. The molecule has 8 nitrogen and oxygen atoms in total. The van der Waals surface area contributed by atoms with Gasteiger partial charge in [0.25, 0.3) is 0 Å². The molecule has 0 radical (unpaired) electrons. The summed E-state index contributed by atoms with van der Waals surface area (Å²) < 4.78 is 16.1. The fourth-order valence-electron chi connectivity index (χ4n) is 4.43. The monoisotopic (exact) mass is 420 g/mol. The van der Waals surface area contributed by atoms with Crippen molar-refractivity contribution in [2.45, 2.75) is 44.7 Å². The summed E-state index contributed by atoms with van der Waals surface area (Å²) in [5, 5.41) is 14.3. The highest BCUT2D eigenvalue weighted by atomic mass is 19.1. The molecule has 6 rings (SSSR count). The number of pyridine rings is 2. The molecule has 1 saturated heterocycles. The van der Waals surface area contributed by atoms with Crippen LogP contribution in [0, 0.1) is 12.7 Å². The van der Waals surface area contributed by atoms with Gasteiger partial charge in [0.05, 0.1) is 28.8 Å². The highest BCUT2D eigenvalue weighted by molar-refractivity contribution is 5.89. The molecule has 1 aliphatic carbocycles. The van der Waals surface area contributed by atoms with Gasteiger partial charge in [0.1, 0.15) is 5.52 Å². The van der Waals surface area contributed by atoms with Crippen molar-refractivity contribution >= 4 is 33.9 Å². The second-order valence-electron chi connectivity index (χ2n) is 8.68. The standard InChI is InChI=1S/C22H25FN8/c1-13-11-31-12-16(8-18(23)22(31)25-13)27-21-20-19(28-29-21)9-17(10-24-20)30-6-4-15(5-7-30)26-14-2-3-14/h8-12,14-15,26H,2-7H2,1H3,(H2,27,28,29). The number of aromatic amines is 1. The van der Waals surface area contributed by atoms with Gasteiger partial charge in [0.2, 0.25) is 0 Å². The van der Waals surface area contributed by atoms with E-state index in [1.807, 2.05) is 13.1 Å². The molecular formula is C22H25FN8. The summed E-state index contributed by atoms with van der Waals surface area (Å²) in [5.74, 6) is 0.192. The lowest BCUT2D eigenvalue weighted by atomic mass is 10.0. The molecule has 5 heterocycles. The normalized spacial score (nSPS) is 17.7. The highest BCUT2D eigenvalue weighted by Crippen LogP contribution is 2.28. The van der Waals surface area contributed by atoms with Crippen molar-refractivity contribution in [1.82, 2.24) is 29.9 Å². The number of H-pyrrole nitrogens is 1. The zero-order chi connectivity index (χ0) is 20.9. The van der Waals surface area contributed by atoms with E-state index in [9.17, 15) is 4.39 Å². The van der Waals surface area contributed by atoms with Gasteiger partial charge in [-0.25, -0.2) is 14.4 Å². The van der Waals surface area contributed by atoms with Crippen molar-refractivity contribution in [3.63, 3.8) is 0 Å². The number of aromatic nitrogens is 5. The number of aryl methyl sites for hydroxylation is 1. The zero-order valence-corrected chi connectivity index (χ0v) is 17.4. The predicted molar refractivity (Wildman–Crippen MR) is 118 cm³/mol. The summed E-state index contributed by atoms with van der Waals surface area (Å²) in [6, 6.07) is 4.92. The van der Waals surface area contributed by atoms with Crippen LogP contribution in [0.15, 0.2) is 30.7 Å². The average Bonchev–Trinajstić information content (AvgIpc) is 3.36. The predicted octanol–water partition coefficient (Wildman–Crippen LogP) is 3.52. The van der Waals surface area contributed by atoms with Crippen LogP contribution in [0.3, 0.4) is 0 Å². The molecule has 0 atom stereocenters. The summed E-state index contributed by atoms with van der Waals surface area (Å²) in [5.41, 5.74) is 4.37. The van der Waals surface area contributed by atoms with Crippen LogP contribution >= 0.6 is 0 Å². The van der Waals surface area contributed by atoms with Crippen LogP contribution in [0.5, 0.6) is 0 Å². The molecule has 1 saturated carbocycles. The first-order chi connectivity index (χ1) is 15.1. The fourth-order valence-corrected chi connectivity index (χ4v) is 4.43. The molecule has 4 aromatic rings. The van der Waals surface area contributed by atoms with Crippen molar-refractivity contribution in [3.05, 3.63) is 42.2 Å². The van der Waals surface area contributed by atoms with E-state index in [0.29, 0.717) is 23.2 Å². The first-order valence-corrected chi connectivity index (χ1v) is 10.9. The van der Waals surface area contributed by atoms with Crippen molar-refractivity contribution in [3.8, 4) is 0 Å². The molecule has 3 N–H and O–H groups in total. The first kappa shape index (κ1) is 18.6. The number of hydrogen-bond acceptors (Lipinski definition) is 6. The number of halogens is 1. The van der Waals surface area contributed by atoms with E-state index >= 15 is 0 Å². The summed E-state index contributed by atoms with van der Waals surface area (Å²) in [7, 11) is 0. The topological polar surface area (TPSA) is 86.2 Å². The van der Waals surface area contributed by atoms with Gasteiger partial charge in [-0.3, -0.25) is 5.10 Å². The molecule has 0 unspecified atom stereocenters. The number of piperidine rings is 1. The second-order valence-corrected chi connectivity index (χ2v) is 8.68. The third-order valence-corrected chi connectivity index (χ3v) is 6.18. The zero-order valence-electron chi connectivity index (χ0n) is 17.4. The molecular weight excluding hydrogens is 395 g/mol. The number of rotatable bonds is 5. The van der Waals surface area contributed by atoms with E-state index in [2.05, 4.69) is 41.8 Å². The Balaban J connectivity index is 1.20. The minimum Gasteiger partial charge on any atom is -0.370 e. The average molecular weight is 420 g/mol. The summed E-state index contributed by atoms with van der Waals surface area (Å²) in [6.07, 6.45) is 10.5. The van der Waals surface area contributed by atoms with Crippen molar-refractivity contribution in [2.75, 3.05) is 23.3 Å². The third kappa shape index (κ3) is 3.59. The van der Waals surface area contributed by atoms with E-state index in [0.717, 1.165) is 54.4 Å². The van der Waals surface area contributed by atoms with Gasteiger partial charge in [0.15, 0.2) is 17.3 Å². The molecule has 31 heavy (non-hydrogen) atoms. The molecule has 160 valence electrons. The Bertz CT molecular complexity index is 1250. The second kappa shape index (κ2) is 7.19. The van der Waals surface area contributed by atoms with Gasteiger partial charge >= 0.3 is 0 Å². The van der Waals surface area contributed by atoms with Crippen LogP contribution in [0.1, 0.15) is 31.4 Å². The highest BCUT2D eigenvalue weighted by Gasteiger charge is 2.27. The lowest BCUT2D eigenvalue weighted by Crippen LogP contribution is -2.43. The Morgan fingerprint density at radius 1 is 1.10 bits per heavy atom. The van der Waals surface area contributed by atoms with E-state index in [1.54, 1.807) is 16.8 Å². The molecule has 0 spiro atoms. The van der Waals surface area contributed by atoms with Crippen molar-refractivity contribution in [2.24, 2.45) is 0 Å². The largest absolute Gasteiger partial charge is 0.370 e. The minimum absolute atomic E-state index is 0.314. The van der Waals surface area contributed by atoms with Crippen LogP contribution in [0.25, 0.3) is 16.7 Å². The van der Waals surface area contributed by atoms with Gasteiger partial charge < -0.3 is 19.9 Å². The number of nitrogens with one attached hydrogen (secondary N) is 3. The number of nitrogens with zero attached hydrogens (tertiary/aromatic N) is 5. The number of imidazole rings is 1. The lowest BCUT2D eigenvalue weighted by molar-refractivity contribution is 0.413. The minimum atomic E-state index is -0.382. The molecule has 0 bridgehead atoms. The molecule has 1 aliphatic heterocycles. The van der Waals surface area contributed by atoms with Crippen molar-refractivity contribution < 1.29 is 4.39 Å². The Labute approximate surface area is 178 Å². The van der Waals surface area contributed by atoms with E-state index < -0.39 is 0 Å². The van der Waals surface area contributed by atoms with Gasteiger partial charge in [-0.15, -0.1) is 0 Å². The number of anilines is 3. The molecule has 9 heteroatoms. The van der Waals surface area contributed by atoms with Crippen LogP contribution in [-0.4, -0.2) is 49.7 Å². The summed E-state index contributed by atoms with van der Waals surface area (Å²) >= 11 is 0. The summed E-state index contributed by atoms with van der Waals surface area (Å²) in [4.78, 5) is 11.2. The molecule has 0 aromatic carbocycles. The van der Waals surface area contributed by atoms with Gasteiger partial charge in [-0.1, -0.05) is 0 Å². The maximum Gasteiger partial charge on any atom is 0.178 e. The Morgan fingerprint density at radius 3 is 2.71 bits per heavy atom. The maximum atomic E-state index is 14.4. The van der Waals surface area contributed by atoms with Gasteiger partial charge in [-0.05, 0) is 38.7 Å². The summed E-state index contributed by atoms with van der Waals surface area (Å²) in [6.45, 7) is 3.90. The number of hydrogen-bond donors (Lipinski definition) is 3. The smallest absolute Gasteiger partial charge is 0.178 e. The Morgan fingerprint density at radius 2 is 1.90 bits per heavy atom. The fraction of sp³-hybridized carbons (Fsp3) is 0.409.